The second-order valence-electron chi connectivity index (χ2n) is 9.46. The molecule has 0 saturated heterocycles. The molecule has 0 bridgehead atoms. The molecule has 5 nitrogen and oxygen atoms in total. The summed E-state index contributed by atoms with van der Waals surface area (Å²) in [4.78, 5) is 12.4. The van der Waals surface area contributed by atoms with Gasteiger partial charge >= 0.3 is 0 Å². The van der Waals surface area contributed by atoms with E-state index in [1.54, 1.807) is 6.08 Å². The normalized spacial score (nSPS) is 12.6. The van der Waals surface area contributed by atoms with Crippen LogP contribution in [0.25, 0.3) is 11.1 Å². The molecular weight excluding hydrogens is 460 g/mol. The van der Waals surface area contributed by atoms with Gasteiger partial charge in [-0.15, -0.1) is 0 Å². The molecule has 0 radical (unpaired) electrons. The molecule has 0 aromatic heterocycles. The highest BCUT2D eigenvalue weighted by Gasteiger charge is 2.16. The Balaban J connectivity index is 2.22. The summed E-state index contributed by atoms with van der Waals surface area (Å²) in [6.45, 7) is 16.3. The Kier molecular flexibility index (Phi) is 12.7. The Bertz CT molecular complexity index is 1090. The van der Waals surface area contributed by atoms with Crippen molar-refractivity contribution in [2.75, 3.05) is 33.4 Å². The highest BCUT2D eigenvalue weighted by atomic mass is 16.5. The molecule has 2 rings (SSSR count). The standard InChI is InChI=1S/C32H44N2O3/c1-8-11-12-25(10-3)21-34-32(35)22-37-31-16-14-27(20-29(31)24(6)9-2)26-13-15-30(36-18-17-33-7)28(19-26)23(4)5/h8,10-16,19-20,23-24,33H,3,9,17-18,21-22H2,1-2,4-7H3,(H,34,35)/b11-8-,25-12+. The number of carbonyl (C=O) groups is 1. The molecule has 2 aromatic rings. The smallest absolute Gasteiger partial charge is 0.258 e. The molecule has 0 heterocycles. The second-order valence-corrected chi connectivity index (χ2v) is 9.46. The number of carbonyl (C=O) groups excluding carboxylic acids is 1. The fourth-order valence-electron chi connectivity index (χ4n) is 3.85. The Morgan fingerprint density at radius 1 is 1.03 bits per heavy atom. The lowest BCUT2D eigenvalue weighted by molar-refractivity contribution is -0.122. The molecule has 200 valence electrons. The summed E-state index contributed by atoms with van der Waals surface area (Å²) in [5.41, 5.74) is 5.50. The van der Waals surface area contributed by atoms with E-state index in [0.717, 1.165) is 46.7 Å². The van der Waals surface area contributed by atoms with Gasteiger partial charge in [-0.3, -0.25) is 4.79 Å². The Morgan fingerprint density at radius 3 is 2.24 bits per heavy atom. The van der Waals surface area contributed by atoms with Gasteiger partial charge in [0.1, 0.15) is 18.1 Å². The summed E-state index contributed by atoms with van der Waals surface area (Å²) in [7, 11) is 1.92. The second kappa shape index (κ2) is 15.7. The highest BCUT2D eigenvalue weighted by molar-refractivity contribution is 5.78. The number of hydrogen-bond acceptors (Lipinski definition) is 4. The number of nitrogens with one attached hydrogen (secondary N) is 2. The van der Waals surface area contributed by atoms with Crippen LogP contribution in [0.2, 0.25) is 0 Å². The van der Waals surface area contributed by atoms with Crippen molar-refractivity contribution in [3.05, 3.63) is 84.0 Å². The third-order valence-electron chi connectivity index (χ3n) is 6.34. The summed E-state index contributed by atoms with van der Waals surface area (Å²) >= 11 is 0. The fraction of sp³-hybridized carbons (Fsp3) is 0.406. The van der Waals surface area contributed by atoms with E-state index in [0.29, 0.717) is 25.0 Å². The monoisotopic (exact) mass is 504 g/mol. The van der Waals surface area contributed by atoms with Gasteiger partial charge in [0.15, 0.2) is 6.61 Å². The molecule has 0 saturated carbocycles. The average molecular weight is 505 g/mol. The van der Waals surface area contributed by atoms with E-state index in [1.165, 1.54) is 5.56 Å². The summed E-state index contributed by atoms with van der Waals surface area (Å²) < 4.78 is 12.0. The number of ether oxygens (including phenoxy) is 2. The van der Waals surface area contributed by atoms with Crippen LogP contribution in [0.3, 0.4) is 0 Å². The van der Waals surface area contributed by atoms with E-state index in [1.807, 2.05) is 38.3 Å². The largest absolute Gasteiger partial charge is 0.492 e. The first-order valence-corrected chi connectivity index (χ1v) is 13.2. The van der Waals surface area contributed by atoms with E-state index in [-0.39, 0.29) is 12.5 Å². The first-order valence-electron chi connectivity index (χ1n) is 13.2. The highest BCUT2D eigenvalue weighted by Crippen LogP contribution is 2.36. The third-order valence-corrected chi connectivity index (χ3v) is 6.34. The molecule has 1 atom stereocenters. The Hall–Kier alpha value is -3.31. The van der Waals surface area contributed by atoms with Crippen LogP contribution in [0.15, 0.2) is 72.9 Å². The quantitative estimate of drug-likeness (QED) is 0.207. The van der Waals surface area contributed by atoms with E-state index in [2.05, 4.69) is 75.2 Å². The molecule has 0 spiro atoms. The van der Waals surface area contributed by atoms with Crippen molar-refractivity contribution in [1.82, 2.24) is 10.6 Å². The minimum atomic E-state index is -0.164. The van der Waals surface area contributed by atoms with Crippen molar-refractivity contribution in [3.8, 4) is 22.6 Å². The van der Waals surface area contributed by atoms with Crippen LogP contribution < -0.4 is 20.1 Å². The summed E-state index contributed by atoms with van der Waals surface area (Å²) in [5.74, 6) is 2.15. The predicted octanol–water partition coefficient (Wildman–Crippen LogP) is 6.77. The molecule has 0 fully saturated rings. The van der Waals surface area contributed by atoms with Crippen LogP contribution in [-0.4, -0.2) is 39.3 Å². The molecular formula is C32H44N2O3. The van der Waals surface area contributed by atoms with Gasteiger partial charge in [0.2, 0.25) is 0 Å². The fourth-order valence-corrected chi connectivity index (χ4v) is 3.85. The number of hydrogen-bond donors (Lipinski definition) is 2. The molecule has 1 unspecified atom stereocenters. The van der Waals surface area contributed by atoms with E-state index < -0.39 is 0 Å². The Labute approximate surface area is 223 Å². The van der Waals surface area contributed by atoms with Crippen LogP contribution in [0.5, 0.6) is 11.5 Å². The summed E-state index contributed by atoms with van der Waals surface area (Å²) in [6.07, 6.45) is 8.51. The zero-order chi connectivity index (χ0) is 27.2. The first kappa shape index (κ1) is 29.9. The lowest BCUT2D eigenvalue weighted by atomic mass is 9.92. The maximum absolute atomic E-state index is 12.4. The van der Waals surface area contributed by atoms with E-state index in [9.17, 15) is 4.79 Å². The molecule has 2 N–H and O–H groups in total. The Morgan fingerprint density at radius 2 is 1.68 bits per heavy atom. The van der Waals surface area contributed by atoms with Crippen molar-refractivity contribution in [1.29, 1.82) is 0 Å². The number of amides is 1. The van der Waals surface area contributed by atoms with Crippen molar-refractivity contribution < 1.29 is 14.3 Å². The molecule has 0 aliphatic rings. The van der Waals surface area contributed by atoms with Crippen LogP contribution in [0.4, 0.5) is 0 Å². The van der Waals surface area contributed by atoms with Crippen molar-refractivity contribution >= 4 is 5.91 Å². The van der Waals surface area contributed by atoms with Crippen molar-refractivity contribution in [3.63, 3.8) is 0 Å². The summed E-state index contributed by atoms with van der Waals surface area (Å²) in [6, 6.07) is 12.6. The minimum absolute atomic E-state index is 0.0348. The van der Waals surface area contributed by atoms with Gasteiger partial charge in [-0.1, -0.05) is 70.7 Å². The number of benzene rings is 2. The molecule has 0 aliphatic carbocycles. The molecule has 1 amide bonds. The number of allylic oxidation sites excluding steroid dienone is 3. The lowest BCUT2D eigenvalue weighted by Gasteiger charge is -2.19. The van der Waals surface area contributed by atoms with Gasteiger partial charge in [0, 0.05) is 13.1 Å². The molecule has 5 heteroatoms. The zero-order valence-electron chi connectivity index (χ0n) is 23.4. The molecule has 37 heavy (non-hydrogen) atoms. The minimum Gasteiger partial charge on any atom is -0.492 e. The van der Waals surface area contributed by atoms with Crippen LogP contribution >= 0.6 is 0 Å². The number of likely N-dealkylation sites (N-methyl/N-ethyl adjacent to an activating group) is 1. The van der Waals surface area contributed by atoms with E-state index >= 15 is 0 Å². The first-order chi connectivity index (χ1) is 17.8. The van der Waals surface area contributed by atoms with Gasteiger partial charge < -0.3 is 20.1 Å². The molecule has 2 aromatic carbocycles. The number of rotatable bonds is 15. The zero-order valence-corrected chi connectivity index (χ0v) is 23.4. The van der Waals surface area contributed by atoms with Crippen LogP contribution in [0, 0.1) is 0 Å². The van der Waals surface area contributed by atoms with Crippen LogP contribution in [0.1, 0.15) is 64.0 Å². The lowest BCUT2D eigenvalue weighted by Crippen LogP contribution is -2.30. The summed E-state index contributed by atoms with van der Waals surface area (Å²) in [5, 5.41) is 6.02. The average Bonchev–Trinajstić information content (AvgIpc) is 2.91. The van der Waals surface area contributed by atoms with Gasteiger partial charge in [-0.25, -0.2) is 0 Å². The third kappa shape index (κ3) is 9.25. The maximum Gasteiger partial charge on any atom is 0.258 e. The SMILES string of the molecule is C=C/C(=C\C=C/C)CNC(=O)COc1ccc(-c2ccc(OCCNC)c(C(C)C)c2)cc1C(C)CC. The topological polar surface area (TPSA) is 59.6 Å². The van der Waals surface area contributed by atoms with Gasteiger partial charge in [-0.05, 0) is 84.3 Å². The van der Waals surface area contributed by atoms with Gasteiger partial charge in [-0.2, -0.15) is 0 Å². The van der Waals surface area contributed by atoms with Crippen molar-refractivity contribution in [2.45, 2.75) is 52.9 Å². The maximum atomic E-state index is 12.4. The van der Waals surface area contributed by atoms with Gasteiger partial charge in [0.05, 0.1) is 0 Å². The van der Waals surface area contributed by atoms with Gasteiger partial charge in [0.25, 0.3) is 5.91 Å². The van der Waals surface area contributed by atoms with Crippen molar-refractivity contribution in [2.24, 2.45) is 0 Å². The predicted molar refractivity (Wildman–Crippen MR) is 156 cm³/mol. The van der Waals surface area contributed by atoms with Crippen LogP contribution in [-0.2, 0) is 4.79 Å². The van der Waals surface area contributed by atoms with E-state index in [4.69, 9.17) is 9.47 Å². The molecule has 0 aliphatic heterocycles.